The topological polar surface area (TPSA) is 152 Å². The number of ketones is 1. The molecule has 3 rings (SSSR count). The highest BCUT2D eigenvalue weighted by Gasteiger charge is 2.50. The fraction of sp³-hybridized carbons (Fsp3) is 0.480. The van der Waals surface area contributed by atoms with E-state index in [9.17, 15) is 19.2 Å². The molecule has 0 saturated carbocycles. The Labute approximate surface area is 219 Å². The molecule has 0 aliphatic carbocycles. The van der Waals surface area contributed by atoms with Crippen LogP contribution in [0.3, 0.4) is 0 Å². The minimum absolute atomic E-state index is 0.0423. The van der Waals surface area contributed by atoms with Crippen molar-refractivity contribution < 1.29 is 33.2 Å². The molecule has 2 aromatic rings. The third-order valence-electron chi connectivity index (χ3n) is 5.80. The van der Waals surface area contributed by atoms with Crippen LogP contribution in [0.1, 0.15) is 28.7 Å². The third kappa shape index (κ3) is 7.88. The molecule has 3 N–H and O–H groups in total. The average molecular weight is 533 g/mol. The summed E-state index contributed by atoms with van der Waals surface area (Å²) < 4.78 is 15.4. The monoisotopic (exact) mass is 532 g/mol. The highest BCUT2D eigenvalue weighted by atomic mass is 32.2. The van der Waals surface area contributed by atoms with E-state index in [0.717, 1.165) is 5.56 Å². The molecule has 1 aliphatic heterocycles. The van der Waals surface area contributed by atoms with Crippen molar-refractivity contribution in [3.8, 4) is 0 Å². The Morgan fingerprint density at radius 1 is 1.08 bits per heavy atom. The van der Waals surface area contributed by atoms with Gasteiger partial charge in [0, 0.05) is 18.9 Å². The lowest BCUT2D eigenvalue weighted by molar-refractivity contribution is -0.134. The summed E-state index contributed by atoms with van der Waals surface area (Å²) in [7, 11) is 1.40. The van der Waals surface area contributed by atoms with Gasteiger partial charge in [0.25, 0.3) is 5.91 Å². The summed E-state index contributed by atoms with van der Waals surface area (Å²) in [6.07, 6.45) is 2.05. The first-order valence-corrected chi connectivity index (χ1v) is 13.1. The molecule has 2 heterocycles. The van der Waals surface area contributed by atoms with E-state index in [2.05, 4.69) is 21.1 Å². The van der Waals surface area contributed by atoms with Gasteiger partial charge in [-0.2, -0.15) is 11.8 Å². The molecule has 200 valence electrons. The number of hydrogen-bond donors (Lipinski definition) is 3. The second kappa shape index (κ2) is 12.8. The van der Waals surface area contributed by atoms with E-state index >= 15 is 0 Å². The van der Waals surface area contributed by atoms with E-state index in [1.807, 2.05) is 30.3 Å². The lowest BCUT2D eigenvalue weighted by Crippen LogP contribution is -2.58. The number of nitrogens with one attached hydrogen (secondary N) is 3. The molecule has 1 aliphatic rings. The van der Waals surface area contributed by atoms with Crippen LogP contribution in [0.25, 0.3) is 0 Å². The molecule has 11 nitrogen and oxygen atoms in total. The first-order chi connectivity index (χ1) is 17.7. The van der Waals surface area contributed by atoms with E-state index in [-0.39, 0.29) is 36.9 Å². The average Bonchev–Trinajstić information content (AvgIpc) is 3.48. The summed E-state index contributed by atoms with van der Waals surface area (Å²) in [5.74, 6) is -1.29. The maximum atomic E-state index is 13.2. The molecule has 1 aromatic heterocycles. The zero-order valence-electron chi connectivity index (χ0n) is 21.2. The molecule has 3 amide bonds. The van der Waals surface area contributed by atoms with E-state index < -0.39 is 41.4 Å². The number of benzene rings is 1. The fourth-order valence-electron chi connectivity index (χ4n) is 3.63. The van der Waals surface area contributed by atoms with E-state index in [1.165, 1.54) is 24.9 Å². The SMILES string of the molecule is COC[C@H](NC(=O)[C@H](CSC)NC(=O)c1cc(C)on1)C(=O)N[C@@H](Cc1ccccc1)C(=O)[C@@]1(C)CO1. The molecule has 37 heavy (non-hydrogen) atoms. The van der Waals surface area contributed by atoms with Gasteiger partial charge in [-0.15, -0.1) is 0 Å². The zero-order valence-corrected chi connectivity index (χ0v) is 22.1. The van der Waals surface area contributed by atoms with Gasteiger partial charge in [-0.05, 0) is 32.1 Å². The number of nitrogens with zero attached hydrogens (tertiary/aromatic N) is 1. The normalized spacial score (nSPS) is 18.8. The fourth-order valence-corrected chi connectivity index (χ4v) is 4.20. The van der Waals surface area contributed by atoms with Crippen LogP contribution < -0.4 is 16.0 Å². The number of methoxy groups -OCH3 is 1. The molecule has 1 aromatic carbocycles. The van der Waals surface area contributed by atoms with Crippen molar-refractivity contribution in [3.05, 3.63) is 53.4 Å². The van der Waals surface area contributed by atoms with Gasteiger partial charge in [0.2, 0.25) is 11.8 Å². The quantitative estimate of drug-likeness (QED) is 0.298. The maximum absolute atomic E-state index is 13.2. The van der Waals surface area contributed by atoms with Gasteiger partial charge in [-0.25, -0.2) is 0 Å². The van der Waals surface area contributed by atoms with Crippen LogP contribution in [0.15, 0.2) is 40.9 Å². The van der Waals surface area contributed by atoms with Crippen molar-refractivity contribution in [1.29, 1.82) is 0 Å². The summed E-state index contributed by atoms with van der Waals surface area (Å²) in [5.41, 5.74) is -0.0378. The van der Waals surface area contributed by atoms with Crippen molar-refractivity contribution in [1.82, 2.24) is 21.1 Å². The molecule has 1 saturated heterocycles. The Hall–Kier alpha value is -3.22. The van der Waals surface area contributed by atoms with Gasteiger partial charge >= 0.3 is 0 Å². The predicted molar refractivity (Wildman–Crippen MR) is 136 cm³/mol. The Kier molecular flexibility index (Phi) is 9.84. The van der Waals surface area contributed by atoms with Crippen LogP contribution in [0.5, 0.6) is 0 Å². The van der Waals surface area contributed by atoms with E-state index in [1.54, 1.807) is 20.1 Å². The Balaban J connectivity index is 1.70. The van der Waals surface area contributed by atoms with Crippen LogP contribution >= 0.6 is 11.8 Å². The molecular formula is C25H32N4O7S. The largest absolute Gasteiger partial charge is 0.382 e. The van der Waals surface area contributed by atoms with Crippen LogP contribution in [-0.2, 0) is 30.3 Å². The summed E-state index contributed by atoms with van der Waals surface area (Å²) in [5, 5.41) is 11.7. The van der Waals surface area contributed by atoms with Crippen molar-refractivity contribution >= 4 is 35.3 Å². The number of carbonyl (C=O) groups excluding carboxylic acids is 4. The Bertz CT molecular complexity index is 1100. The molecule has 0 bridgehead atoms. The maximum Gasteiger partial charge on any atom is 0.274 e. The highest BCUT2D eigenvalue weighted by Crippen LogP contribution is 2.29. The zero-order chi connectivity index (χ0) is 27.0. The molecule has 4 atom stereocenters. The smallest absolute Gasteiger partial charge is 0.274 e. The molecule has 12 heteroatoms. The van der Waals surface area contributed by atoms with E-state index in [0.29, 0.717) is 5.76 Å². The van der Waals surface area contributed by atoms with Gasteiger partial charge in [0.1, 0.15) is 23.4 Å². The van der Waals surface area contributed by atoms with Gasteiger partial charge in [0.05, 0.1) is 19.3 Å². The predicted octanol–water partition coefficient (Wildman–Crippen LogP) is 0.661. The standard InChI is InChI=1S/C25H32N4O7S/c1-15-10-18(29-36-15)22(31)28-20(13-37-4)24(33)27-19(12-34-3)23(32)26-17(21(30)25(2)14-35-25)11-16-8-6-5-7-9-16/h5-10,17,19-20H,11-14H2,1-4H3,(H,26,32)(H,27,33)(H,28,31)/t17-,19-,20-,25+/m0/s1. The van der Waals surface area contributed by atoms with Gasteiger partial charge in [0.15, 0.2) is 11.5 Å². The lowest BCUT2D eigenvalue weighted by atomic mass is 9.94. The van der Waals surface area contributed by atoms with Crippen LogP contribution in [-0.4, -0.2) is 84.7 Å². The number of amides is 3. The molecule has 0 unspecified atom stereocenters. The van der Waals surface area contributed by atoms with Crippen LogP contribution in [0.4, 0.5) is 0 Å². The first-order valence-electron chi connectivity index (χ1n) is 11.7. The summed E-state index contributed by atoms with van der Waals surface area (Å²) in [6.45, 7) is 3.47. The number of rotatable bonds is 14. The lowest BCUT2D eigenvalue weighted by Gasteiger charge is -2.25. The molecular weight excluding hydrogens is 500 g/mol. The number of aromatic nitrogens is 1. The summed E-state index contributed by atoms with van der Waals surface area (Å²) in [4.78, 5) is 51.9. The number of aryl methyl sites for hydroxylation is 1. The Morgan fingerprint density at radius 2 is 1.73 bits per heavy atom. The minimum Gasteiger partial charge on any atom is -0.382 e. The van der Waals surface area contributed by atoms with Crippen molar-refractivity contribution in [2.45, 2.75) is 44.0 Å². The minimum atomic E-state index is -1.10. The van der Waals surface area contributed by atoms with Gasteiger partial charge in [-0.3, -0.25) is 19.2 Å². The van der Waals surface area contributed by atoms with Gasteiger partial charge < -0.3 is 29.9 Å². The number of epoxide rings is 1. The highest BCUT2D eigenvalue weighted by molar-refractivity contribution is 7.98. The molecule has 1 fully saturated rings. The van der Waals surface area contributed by atoms with Gasteiger partial charge in [-0.1, -0.05) is 35.5 Å². The second-order valence-electron chi connectivity index (χ2n) is 8.96. The number of hydrogen-bond acceptors (Lipinski definition) is 9. The van der Waals surface area contributed by atoms with E-state index in [4.69, 9.17) is 14.0 Å². The third-order valence-corrected chi connectivity index (χ3v) is 6.46. The number of carbonyl (C=O) groups is 4. The number of Topliss-reactive ketones (excluding diaryl/α,β-unsaturated/α-hetero) is 1. The molecule has 0 radical (unpaired) electrons. The Morgan fingerprint density at radius 3 is 2.30 bits per heavy atom. The van der Waals surface area contributed by atoms with Crippen LogP contribution in [0.2, 0.25) is 0 Å². The summed E-state index contributed by atoms with van der Waals surface area (Å²) >= 11 is 1.35. The second-order valence-corrected chi connectivity index (χ2v) is 9.87. The van der Waals surface area contributed by atoms with Crippen molar-refractivity contribution in [2.75, 3.05) is 32.3 Å². The molecule has 0 spiro atoms. The number of thioether (sulfide) groups is 1. The number of ether oxygens (including phenoxy) is 2. The van der Waals surface area contributed by atoms with Crippen molar-refractivity contribution in [2.24, 2.45) is 0 Å². The first kappa shape index (κ1) is 28.4. The summed E-state index contributed by atoms with van der Waals surface area (Å²) in [6, 6.07) is 7.83. The van der Waals surface area contributed by atoms with Crippen LogP contribution in [0, 0.1) is 6.92 Å². The van der Waals surface area contributed by atoms with Crippen molar-refractivity contribution in [3.63, 3.8) is 0 Å².